The first kappa shape index (κ1) is 20.7. The molecule has 0 aliphatic rings. The molecule has 144 valence electrons. The summed E-state index contributed by atoms with van der Waals surface area (Å²) in [5.41, 5.74) is 0.739. The second-order valence-corrected chi connectivity index (χ2v) is 7.79. The minimum atomic E-state index is -4.02. The van der Waals surface area contributed by atoms with Gasteiger partial charge in [0, 0.05) is 16.7 Å². The van der Waals surface area contributed by atoms with Gasteiger partial charge in [-0.1, -0.05) is 6.07 Å². The number of carboxylic acid groups (broad SMARTS) is 1. The predicted octanol–water partition coefficient (Wildman–Crippen LogP) is 3.32. The lowest BCUT2D eigenvalue weighted by Crippen LogP contribution is -2.15. The summed E-state index contributed by atoms with van der Waals surface area (Å²) < 4.78 is 38.8. The van der Waals surface area contributed by atoms with Gasteiger partial charge in [-0.3, -0.25) is 4.72 Å². The van der Waals surface area contributed by atoms with Crippen LogP contribution in [-0.4, -0.2) is 40.0 Å². The minimum absolute atomic E-state index is 0.0264. The summed E-state index contributed by atoms with van der Waals surface area (Å²) in [6.07, 6.45) is 4.07. The largest absolute Gasteiger partial charge is 0.493 e. The van der Waals surface area contributed by atoms with Gasteiger partial charge in [0.1, 0.15) is 4.90 Å². The number of methoxy groups -OCH3 is 2. The van der Waals surface area contributed by atoms with Crippen LogP contribution in [0.1, 0.15) is 5.56 Å². The number of carbonyl (C=O) groups is 1. The molecule has 0 amide bonds. The highest BCUT2D eigenvalue weighted by atomic mass is 32.2. The molecule has 0 spiro atoms. The Hall–Kier alpha value is -2.65. The molecule has 0 fully saturated rings. The number of hydrogen-bond acceptors (Lipinski definition) is 6. The van der Waals surface area contributed by atoms with Gasteiger partial charge < -0.3 is 14.6 Å². The first-order chi connectivity index (χ1) is 12.8. The summed E-state index contributed by atoms with van der Waals surface area (Å²) in [7, 11) is -1.32. The monoisotopic (exact) mass is 409 g/mol. The highest BCUT2D eigenvalue weighted by molar-refractivity contribution is 7.98. The van der Waals surface area contributed by atoms with Gasteiger partial charge in [-0.05, 0) is 48.2 Å². The van der Waals surface area contributed by atoms with Gasteiger partial charge in [-0.2, -0.15) is 0 Å². The fourth-order valence-electron chi connectivity index (χ4n) is 2.31. The lowest BCUT2D eigenvalue weighted by atomic mass is 10.2. The van der Waals surface area contributed by atoms with Crippen molar-refractivity contribution in [2.45, 2.75) is 9.79 Å². The Bertz CT molecular complexity index is 970. The summed E-state index contributed by atoms with van der Waals surface area (Å²) in [5, 5.41) is 8.80. The number of thioether (sulfide) groups is 1. The molecule has 0 saturated heterocycles. The van der Waals surface area contributed by atoms with Crippen molar-refractivity contribution in [3.05, 3.63) is 48.0 Å². The lowest BCUT2D eigenvalue weighted by Gasteiger charge is -2.15. The maximum absolute atomic E-state index is 12.9. The van der Waals surface area contributed by atoms with Gasteiger partial charge >= 0.3 is 5.97 Å². The second kappa shape index (κ2) is 8.83. The van der Waals surface area contributed by atoms with Crippen molar-refractivity contribution in [2.75, 3.05) is 25.2 Å². The van der Waals surface area contributed by atoms with Gasteiger partial charge in [-0.15, -0.1) is 11.8 Å². The number of sulfonamides is 1. The zero-order valence-electron chi connectivity index (χ0n) is 14.9. The van der Waals surface area contributed by atoms with Crippen molar-refractivity contribution in [3.63, 3.8) is 0 Å². The molecule has 0 heterocycles. The Morgan fingerprint density at radius 2 is 1.93 bits per heavy atom. The van der Waals surface area contributed by atoms with Crippen LogP contribution in [0.5, 0.6) is 11.5 Å². The molecular formula is C18H19NO6S2. The van der Waals surface area contributed by atoms with Crippen LogP contribution >= 0.6 is 11.8 Å². The van der Waals surface area contributed by atoms with E-state index >= 15 is 0 Å². The normalized spacial score (nSPS) is 11.4. The maximum atomic E-state index is 12.9. The second-order valence-electron chi connectivity index (χ2n) is 5.26. The Labute approximate surface area is 162 Å². The number of hydrogen-bond donors (Lipinski definition) is 2. The third kappa shape index (κ3) is 5.18. The topological polar surface area (TPSA) is 102 Å². The average Bonchev–Trinajstić information content (AvgIpc) is 2.65. The van der Waals surface area contributed by atoms with Gasteiger partial charge in [0.15, 0.2) is 11.5 Å². The Morgan fingerprint density at radius 1 is 1.19 bits per heavy atom. The highest BCUT2D eigenvalue weighted by Crippen LogP contribution is 2.37. The molecule has 0 aliphatic heterocycles. The van der Waals surface area contributed by atoms with E-state index in [0.717, 1.165) is 11.0 Å². The molecule has 2 aromatic carbocycles. The van der Waals surface area contributed by atoms with Crippen LogP contribution in [0.3, 0.4) is 0 Å². The molecule has 0 saturated carbocycles. The van der Waals surface area contributed by atoms with Crippen LogP contribution in [0, 0.1) is 0 Å². The summed E-state index contributed by atoms with van der Waals surface area (Å²) in [4.78, 5) is 11.5. The molecule has 2 rings (SSSR count). The van der Waals surface area contributed by atoms with Crippen molar-refractivity contribution in [3.8, 4) is 11.5 Å². The fraction of sp³-hybridized carbons (Fsp3) is 0.167. The van der Waals surface area contributed by atoms with Gasteiger partial charge in [0.05, 0.1) is 14.2 Å². The van der Waals surface area contributed by atoms with Crippen LogP contribution in [-0.2, 0) is 14.8 Å². The zero-order valence-corrected chi connectivity index (χ0v) is 16.6. The van der Waals surface area contributed by atoms with Crippen molar-refractivity contribution >= 4 is 39.5 Å². The molecule has 0 aliphatic carbocycles. The van der Waals surface area contributed by atoms with E-state index in [4.69, 9.17) is 14.6 Å². The highest BCUT2D eigenvalue weighted by Gasteiger charge is 2.24. The minimum Gasteiger partial charge on any atom is -0.493 e. The Morgan fingerprint density at radius 3 is 2.52 bits per heavy atom. The SMILES string of the molecule is COc1cc(/C=C/C(=O)O)cc(S(=O)(=O)Nc2cccc(SC)c2)c1OC. The summed E-state index contributed by atoms with van der Waals surface area (Å²) in [5.74, 6) is -0.956. The maximum Gasteiger partial charge on any atom is 0.328 e. The Balaban J connectivity index is 2.55. The first-order valence-corrected chi connectivity index (χ1v) is 10.4. The number of rotatable bonds is 8. The number of nitrogens with one attached hydrogen (secondary N) is 1. The van der Waals surface area contributed by atoms with E-state index < -0.39 is 16.0 Å². The number of carboxylic acids is 1. The Kier molecular flexibility index (Phi) is 6.75. The van der Waals surface area contributed by atoms with Crippen LogP contribution in [0.25, 0.3) is 6.08 Å². The van der Waals surface area contributed by atoms with Crippen molar-refractivity contribution in [2.24, 2.45) is 0 Å². The van der Waals surface area contributed by atoms with Gasteiger partial charge in [-0.25, -0.2) is 13.2 Å². The fourth-order valence-corrected chi connectivity index (χ4v) is 4.04. The molecule has 0 unspecified atom stereocenters. The van der Waals surface area contributed by atoms with E-state index in [1.807, 2.05) is 12.3 Å². The third-order valence-electron chi connectivity index (χ3n) is 3.50. The van der Waals surface area contributed by atoms with Crippen LogP contribution in [0.15, 0.2) is 52.3 Å². The molecule has 7 nitrogen and oxygen atoms in total. The number of ether oxygens (including phenoxy) is 2. The van der Waals surface area contributed by atoms with Crippen molar-refractivity contribution in [1.82, 2.24) is 0 Å². The first-order valence-electron chi connectivity index (χ1n) is 7.64. The molecule has 27 heavy (non-hydrogen) atoms. The van der Waals surface area contributed by atoms with Crippen molar-refractivity contribution < 1.29 is 27.8 Å². The van der Waals surface area contributed by atoms with Crippen LogP contribution < -0.4 is 14.2 Å². The van der Waals surface area contributed by atoms with E-state index in [0.29, 0.717) is 11.3 Å². The quantitative estimate of drug-likeness (QED) is 0.509. The van der Waals surface area contributed by atoms with E-state index in [1.54, 1.807) is 18.2 Å². The van der Waals surface area contributed by atoms with Crippen LogP contribution in [0.2, 0.25) is 0 Å². The summed E-state index contributed by atoms with van der Waals surface area (Å²) >= 11 is 1.49. The molecule has 0 aromatic heterocycles. The molecule has 0 radical (unpaired) electrons. The third-order valence-corrected chi connectivity index (χ3v) is 5.61. The van der Waals surface area contributed by atoms with E-state index in [1.165, 1.54) is 44.2 Å². The molecular weight excluding hydrogens is 390 g/mol. The number of anilines is 1. The molecule has 2 aromatic rings. The zero-order chi connectivity index (χ0) is 20.0. The molecule has 9 heteroatoms. The van der Waals surface area contributed by atoms with Crippen LogP contribution in [0.4, 0.5) is 5.69 Å². The average molecular weight is 409 g/mol. The van der Waals surface area contributed by atoms with Gasteiger partial charge in [0.25, 0.3) is 10.0 Å². The number of aliphatic carboxylic acids is 1. The molecule has 2 N–H and O–H groups in total. The van der Waals surface area contributed by atoms with E-state index in [2.05, 4.69) is 4.72 Å². The molecule has 0 atom stereocenters. The lowest BCUT2D eigenvalue weighted by molar-refractivity contribution is -0.131. The van der Waals surface area contributed by atoms with Crippen molar-refractivity contribution in [1.29, 1.82) is 0 Å². The molecule has 0 bridgehead atoms. The summed E-state index contributed by atoms with van der Waals surface area (Å²) in [6.45, 7) is 0. The summed E-state index contributed by atoms with van der Waals surface area (Å²) in [6, 6.07) is 9.76. The predicted molar refractivity (Wildman–Crippen MR) is 105 cm³/mol. The van der Waals surface area contributed by atoms with Gasteiger partial charge in [0.2, 0.25) is 0 Å². The van der Waals surface area contributed by atoms with E-state index in [-0.39, 0.29) is 16.4 Å². The number of benzene rings is 2. The van der Waals surface area contributed by atoms with E-state index in [9.17, 15) is 13.2 Å². The smallest absolute Gasteiger partial charge is 0.328 e. The standard InChI is InChI=1S/C18H19NO6S2/c1-24-15-9-12(7-8-17(20)21)10-16(18(15)25-2)27(22,23)19-13-5-4-6-14(11-13)26-3/h4-11,19H,1-3H3,(H,20,21)/b8-7+.